The molecule has 0 saturated carbocycles. The van der Waals surface area contributed by atoms with Crippen LogP contribution in [0.2, 0.25) is 0 Å². The summed E-state index contributed by atoms with van der Waals surface area (Å²) in [5.41, 5.74) is 0. The number of rotatable bonds is 0. The predicted octanol–water partition coefficient (Wildman–Crippen LogP) is 0.769. The van der Waals surface area contributed by atoms with Gasteiger partial charge in [0.1, 0.15) is 0 Å². The fourth-order valence-electron chi connectivity index (χ4n) is 0.405. The van der Waals surface area contributed by atoms with Gasteiger partial charge in [0.15, 0.2) is 7.85 Å². The first-order valence-electron chi connectivity index (χ1n) is 2.01. The molecule has 1 rings (SSSR count). The third kappa shape index (κ3) is 1.32. The van der Waals surface area contributed by atoms with Gasteiger partial charge in [0, 0.05) is 0 Å². The molecule has 1 heterocycles. The van der Waals surface area contributed by atoms with Crippen LogP contribution in [0.4, 0.5) is 0 Å². The van der Waals surface area contributed by atoms with Crippen molar-refractivity contribution in [3.05, 3.63) is 15.9 Å². The highest BCUT2D eigenvalue weighted by Crippen LogP contribution is 2.12. The molecule has 0 nitrogen and oxygen atoms in total. The minimum atomic E-state index is 1.21. The van der Waals surface area contributed by atoms with Crippen molar-refractivity contribution >= 4 is 39.9 Å². The number of hydrogen-bond donors (Lipinski definition) is 0. The summed E-state index contributed by atoms with van der Waals surface area (Å²) >= 11 is 5.11. The molecule has 7 heavy (non-hydrogen) atoms. The zero-order chi connectivity index (χ0) is 5.28. The Bertz CT molecular complexity index is 144. The van der Waals surface area contributed by atoms with Crippen molar-refractivity contribution in [3.8, 4) is 0 Å². The van der Waals surface area contributed by atoms with Crippen LogP contribution in [0, 0.1) is 0 Å². The van der Waals surface area contributed by atoms with Gasteiger partial charge in [-0.2, -0.15) is 0 Å². The van der Waals surface area contributed by atoms with Gasteiger partial charge < -0.3 is 0 Å². The van der Waals surface area contributed by atoms with Crippen LogP contribution < -0.4 is 4.78 Å². The molecule has 0 radical (unpaired) electrons. The van der Waals surface area contributed by atoms with Gasteiger partial charge in [0.25, 0.3) is 0 Å². The molecule has 0 amide bonds. The van der Waals surface area contributed by atoms with E-state index in [9.17, 15) is 0 Å². The van der Waals surface area contributed by atoms with Crippen LogP contribution in [0.15, 0.2) is 15.9 Å². The van der Waals surface area contributed by atoms with Crippen molar-refractivity contribution in [2.45, 2.75) is 0 Å². The molecule has 0 aromatic carbocycles. The Kier molecular flexibility index (Phi) is 1.55. The fourth-order valence-corrected chi connectivity index (χ4v) is 1.88. The van der Waals surface area contributed by atoms with Crippen LogP contribution in [-0.2, 0) is 0 Å². The van der Waals surface area contributed by atoms with Crippen LogP contribution in [-0.4, -0.2) is 7.85 Å². The number of hydrogen-bond acceptors (Lipinski definition) is 1. The first-order chi connectivity index (χ1) is 3.29. The lowest BCUT2D eigenvalue weighted by atomic mass is 10.1. The van der Waals surface area contributed by atoms with E-state index < -0.39 is 0 Å². The van der Waals surface area contributed by atoms with Gasteiger partial charge in [0.2, 0.25) is 0 Å². The molecule has 0 N–H and O–H groups in total. The monoisotopic (exact) mass is 174 g/mol. The van der Waals surface area contributed by atoms with E-state index in [1.807, 2.05) is 0 Å². The molecular formula is C4H4BBrS. The highest BCUT2D eigenvalue weighted by molar-refractivity contribution is 9.11. The van der Waals surface area contributed by atoms with E-state index in [1.54, 1.807) is 11.3 Å². The molecule has 3 heteroatoms. The van der Waals surface area contributed by atoms with Crippen molar-refractivity contribution in [1.29, 1.82) is 0 Å². The molecule has 0 unspecified atom stereocenters. The second-order valence-electron chi connectivity index (χ2n) is 1.35. The summed E-state index contributed by atoms with van der Waals surface area (Å²) in [5, 5.41) is 0. The lowest BCUT2D eigenvalue weighted by molar-refractivity contribution is 2.00. The summed E-state index contributed by atoms with van der Waals surface area (Å²) < 4.78 is 2.57. The third-order valence-electron chi connectivity index (χ3n) is 0.708. The minimum Gasteiger partial charge on any atom is -0.144 e. The molecule has 1 aromatic heterocycles. The first kappa shape index (κ1) is 5.38. The van der Waals surface area contributed by atoms with Crippen molar-refractivity contribution < 1.29 is 0 Å². The fraction of sp³-hybridized carbons (Fsp3) is 0. The maximum atomic E-state index is 3.35. The van der Waals surface area contributed by atoms with Crippen molar-refractivity contribution in [2.75, 3.05) is 0 Å². The molecule has 0 saturated heterocycles. The summed E-state index contributed by atoms with van der Waals surface area (Å²) in [6, 6.07) is 4.15. The van der Waals surface area contributed by atoms with E-state index in [2.05, 4.69) is 35.9 Å². The van der Waals surface area contributed by atoms with Gasteiger partial charge in [-0.25, -0.2) is 0 Å². The molecule has 0 aliphatic heterocycles. The lowest BCUT2D eigenvalue weighted by Gasteiger charge is -1.69. The second kappa shape index (κ2) is 2.01. The largest absolute Gasteiger partial charge is 0.152 e. The van der Waals surface area contributed by atoms with Crippen LogP contribution in [0.3, 0.4) is 0 Å². The molecule has 0 spiro atoms. The third-order valence-corrected chi connectivity index (χ3v) is 2.25. The number of thiophene rings is 1. The molecule has 0 bridgehead atoms. The van der Waals surface area contributed by atoms with E-state index in [0.717, 1.165) is 0 Å². The average molecular weight is 175 g/mol. The summed E-state index contributed by atoms with van der Waals surface area (Å²) in [6.45, 7) is 0. The van der Waals surface area contributed by atoms with Gasteiger partial charge in [-0.05, 0) is 26.8 Å². The quantitative estimate of drug-likeness (QED) is 0.510. The molecule has 0 atom stereocenters. The molecule has 0 aliphatic carbocycles. The van der Waals surface area contributed by atoms with Crippen LogP contribution in [0.25, 0.3) is 0 Å². The summed E-state index contributed by atoms with van der Waals surface area (Å²) in [5.74, 6) is 0. The molecule has 36 valence electrons. The smallest absolute Gasteiger partial charge is 0.144 e. The molecular weight excluding hydrogens is 171 g/mol. The van der Waals surface area contributed by atoms with Crippen LogP contribution in [0.5, 0.6) is 0 Å². The first-order valence-corrected chi connectivity index (χ1v) is 3.62. The lowest BCUT2D eigenvalue weighted by Crippen LogP contribution is -1.88. The predicted molar refractivity (Wildman–Crippen MR) is 40.2 cm³/mol. The van der Waals surface area contributed by atoms with Crippen molar-refractivity contribution in [3.63, 3.8) is 0 Å². The van der Waals surface area contributed by atoms with E-state index >= 15 is 0 Å². The van der Waals surface area contributed by atoms with E-state index in [4.69, 9.17) is 0 Å². The van der Waals surface area contributed by atoms with Gasteiger partial charge in [-0.15, -0.1) is 11.3 Å². The average Bonchev–Trinajstić information content (AvgIpc) is 1.87. The van der Waals surface area contributed by atoms with E-state index in [0.29, 0.717) is 0 Å². The molecule has 0 fully saturated rings. The zero-order valence-electron chi connectivity index (χ0n) is 3.94. The summed E-state index contributed by atoms with van der Waals surface area (Å²) in [6.07, 6.45) is 0. The molecule has 0 aliphatic rings. The van der Waals surface area contributed by atoms with Crippen molar-refractivity contribution in [1.82, 2.24) is 0 Å². The Hall–Kier alpha value is 0.245. The summed E-state index contributed by atoms with van der Waals surface area (Å²) in [4.78, 5) is 0. The Balaban J connectivity index is 3.04. The van der Waals surface area contributed by atoms with Crippen LogP contribution in [0.1, 0.15) is 0 Å². The van der Waals surface area contributed by atoms with Gasteiger partial charge in [-0.1, -0.05) is 6.07 Å². The minimum absolute atomic E-state index is 1.21. The summed E-state index contributed by atoms with van der Waals surface area (Å²) in [7, 11) is 2.09. The Labute approximate surface area is 56.1 Å². The standard InChI is InChI=1S/C4H4BBrS/c5-3-1-2-4(6)7-3/h1-2H,5H2. The second-order valence-corrected chi connectivity index (χ2v) is 4.02. The maximum absolute atomic E-state index is 3.35. The maximum Gasteiger partial charge on any atom is 0.152 e. The Morgan fingerprint density at radius 2 is 2.29 bits per heavy atom. The SMILES string of the molecule is Bc1ccc(Br)s1. The topological polar surface area (TPSA) is 0 Å². The number of halogens is 1. The van der Waals surface area contributed by atoms with Crippen molar-refractivity contribution in [2.24, 2.45) is 0 Å². The molecule has 1 aromatic rings. The highest BCUT2D eigenvalue weighted by Gasteiger charge is 1.86. The zero-order valence-corrected chi connectivity index (χ0v) is 6.34. The van der Waals surface area contributed by atoms with Gasteiger partial charge >= 0.3 is 0 Å². The Morgan fingerprint density at radius 3 is 2.43 bits per heavy atom. The van der Waals surface area contributed by atoms with E-state index in [1.165, 1.54) is 8.56 Å². The van der Waals surface area contributed by atoms with E-state index in [-0.39, 0.29) is 0 Å². The Morgan fingerprint density at radius 1 is 1.57 bits per heavy atom. The normalized spacial score (nSPS) is 9.29. The van der Waals surface area contributed by atoms with Gasteiger partial charge in [-0.3, -0.25) is 0 Å². The van der Waals surface area contributed by atoms with Gasteiger partial charge in [0.05, 0.1) is 3.79 Å². The van der Waals surface area contributed by atoms with Crippen LogP contribution >= 0.6 is 27.3 Å². The highest BCUT2D eigenvalue weighted by atomic mass is 79.9.